The second-order valence-corrected chi connectivity index (χ2v) is 7.83. The largest absolute Gasteiger partial charge is 0.398 e. The zero-order valence-electron chi connectivity index (χ0n) is 11.1. The topological polar surface area (TPSA) is 60.2 Å². The molecule has 0 aliphatic heterocycles. The molecule has 0 amide bonds. The molecule has 2 unspecified atom stereocenters. The third-order valence-electron chi connectivity index (χ3n) is 3.86. The predicted octanol–water partition coefficient (Wildman–Crippen LogP) is 2.90. The summed E-state index contributed by atoms with van der Waals surface area (Å²) < 4.78 is 37.9. The Hall–Kier alpha value is -1.10. The highest BCUT2D eigenvalue weighted by molar-refractivity contribution is 7.91. The minimum atomic E-state index is -3.26. The Bertz CT molecular complexity index is 557. The number of hydrogen-bond donors (Lipinski definition) is 1. The molecule has 1 fully saturated rings. The zero-order chi connectivity index (χ0) is 14.0. The molecule has 3 nitrogen and oxygen atoms in total. The summed E-state index contributed by atoms with van der Waals surface area (Å²) in [7, 11) is -3.26. The molecular formula is C14H20FNO2S. The van der Waals surface area contributed by atoms with Crippen molar-refractivity contribution >= 4 is 15.5 Å². The fourth-order valence-electron chi connectivity index (χ4n) is 2.74. The molecule has 5 heteroatoms. The first-order valence-electron chi connectivity index (χ1n) is 6.64. The summed E-state index contributed by atoms with van der Waals surface area (Å²) in [5, 5.41) is -0.307. The lowest BCUT2D eigenvalue weighted by molar-refractivity contribution is 0.382. The maximum absolute atomic E-state index is 13.2. The van der Waals surface area contributed by atoms with Gasteiger partial charge in [0.1, 0.15) is 5.82 Å². The summed E-state index contributed by atoms with van der Waals surface area (Å²) in [4.78, 5) is 0. The molecule has 2 rings (SSSR count). The Balaban J connectivity index is 2.18. The average Bonchev–Trinajstić information content (AvgIpc) is 2.33. The Kier molecular flexibility index (Phi) is 4.13. The van der Waals surface area contributed by atoms with Gasteiger partial charge in [0.15, 0.2) is 9.84 Å². The number of benzene rings is 1. The number of nitrogen functional groups attached to an aromatic ring is 1. The van der Waals surface area contributed by atoms with Gasteiger partial charge in [-0.2, -0.15) is 0 Å². The highest BCUT2D eigenvalue weighted by Gasteiger charge is 2.30. The van der Waals surface area contributed by atoms with E-state index in [2.05, 4.69) is 6.92 Å². The summed E-state index contributed by atoms with van der Waals surface area (Å²) in [6.45, 7) is 2.08. The molecule has 1 aromatic carbocycles. The number of nitrogens with two attached hydrogens (primary N) is 1. The third-order valence-corrected chi connectivity index (χ3v) is 6.02. The molecular weight excluding hydrogens is 265 g/mol. The summed E-state index contributed by atoms with van der Waals surface area (Å²) in [6, 6.07) is 3.89. The molecule has 1 aliphatic carbocycles. The first kappa shape index (κ1) is 14.3. The van der Waals surface area contributed by atoms with Crippen LogP contribution in [-0.2, 0) is 15.6 Å². The van der Waals surface area contributed by atoms with Crippen molar-refractivity contribution in [1.29, 1.82) is 0 Å². The summed E-state index contributed by atoms with van der Waals surface area (Å²) in [5.74, 6) is -0.164. The number of anilines is 1. The molecule has 1 saturated carbocycles. The molecule has 2 atom stereocenters. The van der Waals surface area contributed by atoms with Crippen LogP contribution in [0, 0.1) is 11.7 Å². The molecule has 106 valence electrons. The van der Waals surface area contributed by atoms with E-state index in [1.165, 1.54) is 18.2 Å². The molecule has 0 radical (unpaired) electrons. The van der Waals surface area contributed by atoms with Crippen LogP contribution in [0.2, 0.25) is 0 Å². The van der Waals surface area contributed by atoms with E-state index in [1.54, 1.807) is 0 Å². The monoisotopic (exact) mass is 285 g/mol. The van der Waals surface area contributed by atoms with E-state index < -0.39 is 15.7 Å². The van der Waals surface area contributed by atoms with Gasteiger partial charge < -0.3 is 5.73 Å². The van der Waals surface area contributed by atoms with E-state index in [9.17, 15) is 12.8 Å². The lowest BCUT2D eigenvalue weighted by Crippen LogP contribution is -2.28. The van der Waals surface area contributed by atoms with Gasteiger partial charge in [0.2, 0.25) is 0 Å². The van der Waals surface area contributed by atoms with Gasteiger partial charge in [-0.1, -0.05) is 19.8 Å². The van der Waals surface area contributed by atoms with E-state index in [0.29, 0.717) is 30.0 Å². The molecule has 0 saturated heterocycles. The van der Waals surface area contributed by atoms with Gasteiger partial charge in [-0.25, -0.2) is 12.8 Å². The summed E-state index contributed by atoms with van der Waals surface area (Å²) in [5.41, 5.74) is 6.44. The van der Waals surface area contributed by atoms with E-state index in [1.807, 2.05) is 0 Å². The Morgan fingerprint density at radius 1 is 1.37 bits per heavy atom. The van der Waals surface area contributed by atoms with Crippen molar-refractivity contribution in [3.63, 3.8) is 0 Å². The third kappa shape index (κ3) is 3.47. The smallest absolute Gasteiger partial charge is 0.157 e. The number of hydrogen-bond acceptors (Lipinski definition) is 3. The highest BCUT2D eigenvalue weighted by Crippen LogP contribution is 2.30. The van der Waals surface area contributed by atoms with Crippen LogP contribution in [0.4, 0.5) is 10.1 Å². The van der Waals surface area contributed by atoms with Gasteiger partial charge in [0.05, 0.1) is 11.0 Å². The van der Waals surface area contributed by atoms with E-state index in [-0.39, 0.29) is 11.0 Å². The van der Waals surface area contributed by atoms with Crippen LogP contribution in [0.15, 0.2) is 18.2 Å². The molecule has 0 heterocycles. The lowest BCUT2D eigenvalue weighted by Gasteiger charge is -2.26. The summed E-state index contributed by atoms with van der Waals surface area (Å²) >= 11 is 0. The molecule has 2 N–H and O–H groups in total. The van der Waals surface area contributed by atoms with Crippen LogP contribution >= 0.6 is 0 Å². The van der Waals surface area contributed by atoms with Crippen molar-refractivity contribution in [2.45, 2.75) is 43.6 Å². The van der Waals surface area contributed by atoms with Crippen LogP contribution in [-0.4, -0.2) is 13.7 Å². The first-order chi connectivity index (χ1) is 8.88. The van der Waals surface area contributed by atoms with E-state index >= 15 is 0 Å². The van der Waals surface area contributed by atoms with E-state index in [0.717, 1.165) is 12.8 Å². The molecule has 0 aromatic heterocycles. The van der Waals surface area contributed by atoms with Crippen LogP contribution in [0.25, 0.3) is 0 Å². The van der Waals surface area contributed by atoms with Crippen molar-refractivity contribution in [3.8, 4) is 0 Å². The van der Waals surface area contributed by atoms with Crippen LogP contribution in [0.5, 0.6) is 0 Å². The Morgan fingerprint density at radius 2 is 2.11 bits per heavy atom. The van der Waals surface area contributed by atoms with Crippen molar-refractivity contribution in [2.24, 2.45) is 5.92 Å². The van der Waals surface area contributed by atoms with Gasteiger partial charge in [0, 0.05) is 5.69 Å². The minimum Gasteiger partial charge on any atom is -0.398 e. The van der Waals surface area contributed by atoms with Crippen molar-refractivity contribution in [2.75, 3.05) is 5.73 Å². The van der Waals surface area contributed by atoms with Gasteiger partial charge in [-0.15, -0.1) is 0 Å². The molecule has 1 aromatic rings. The minimum absolute atomic E-state index is 0.159. The SMILES string of the molecule is CC1CCCC(S(=O)(=O)Cc2cc(F)ccc2N)C1. The fourth-order valence-corrected chi connectivity index (χ4v) is 4.81. The van der Waals surface area contributed by atoms with Gasteiger partial charge in [-0.3, -0.25) is 0 Å². The van der Waals surface area contributed by atoms with E-state index in [4.69, 9.17) is 5.73 Å². The molecule has 1 aliphatic rings. The van der Waals surface area contributed by atoms with Crippen LogP contribution in [0.1, 0.15) is 38.2 Å². The van der Waals surface area contributed by atoms with Crippen molar-refractivity contribution in [3.05, 3.63) is 29.6 Å². The van der Waals surface area contributed by atoms with Crippen LogP contribution in [0.3, 0.4) is 0 Å². The normalized spacial score (nSPS) is 24.3. The molecule has 19 heavy (non-hydrogen) atoms. The highest BCUT2D eigenvalue weighted by atomic mass is 32.2. The molecule has 0 bridgehead atoms. The van der Waals surface area contributed by atoms with Crippen molar-refractivity contribution < 1.29 is 12.8 Å². The number of halogens is 1. The van der Waals surface area contributed by atoms with Gasteiger partial charge in [0.25, 0.3) is 0 Å². The first-order valence-corrected chi connectivity index (χ1v) is 8.35. The predicted molar refractivity (Wildman–Crippen MR) is 74.9 cm³/mol. The molecule has 0 spiro atoms. The number of sulfone groups is 1. The number of rotatable bonds is 3. The lowest BCUT2D eigenvalue weighted by atomic mass is 9.91. The van der Waals surface area contributed by atoms with Crippen LogP contribution < -0.4 is 5.73 Å². The quantitative estimate of drug-likeness (QED) is 0.869. The fraction of sp³-hybridized carbons (Fsp3) is 0.571. The Morgan fingerprint density at radius 3 is 2.79 bits per heavy atom. The Labute approximate surface area is 113 Å². The average molecular weight is 285 g/mol. The maximum Gasteiger partial charge on any atom is 0.157 e. The second kappa shape index (κ2) is 5.49. The van der Waals surface area contributed by atoms with Gasteiger partial charge >= 0.3 is 0 Å². The van der Waals surface area contributed by atoms with Crippen molar-refractivity contribution in [1.82, 2.24) is 0 Å². The second-order valence-electron chi connectivity index (χ2n) is 5.54. The summed E-state index contributed by atoms with van der Waals surface area (Å²) in [6.07, 6.45) is 3.46. The zero-order valence-corrected chi connectivity index (χ0v) is 11.9. The van der Waals surface area contributed by atoms with Gasteiger partial charge in [-0.05, 0) is 42.5 Å². The maximum atomic E-state index is 13.2. The standard InChI is InChI=1S/C14H20FNO2S/c1-10-3-2-4-13(7-10)19(17,18)9-11-8-12(15)5-6-14(11)16/h5-6,8,10,13H,2-4,7,9,16H2,1H3.